The molecule has 0 aromatic heterocycles. The second kappa shape index (κ2) is 9.73. The number of fused-ring (bicyclic) bond motifs is 1. The number of hydrogen-bond acceptors (Lipinski definition) is 5. The Kier molecular flexibility index (Phi) is 7.05. The number of ether oxygens (including phenoxy) is 3. The van der Waals surface area contributed by atoms with Crippen LogP contribution < -0.4 is 14.8 Å². The molecule has 0 bridgehead atoms. The predicted octanol–water partition coefficient (Wildman–Crippen LogP) is 3.56. The Balaban J connectivity index is 2.03. The highest BCUT2D eigenvalue weighted by Crippen LogP contribution is 2.41. The van der Waals surface area contributed by atoms with Crippen molar-refractivity contribution in [1.82, 2.24) is 10.2 Å². The van der Waals surface area contributed by atoms with Crippen LogP contribution in [-0.4, -0.2) is 50.8 Å². The zero-order chi connectivity index (χ0) is 22.5. The fourth-order valence-corrected chi connectivity index (χ4v) is 4.00. The summed E-state index contributed by atoms with van der Waals surface area (Å²) in [6, 6.07) is 12.4. The van der Waals surface area contributed by atoms with Gasteiger partial charge in [0.25, 0.3) is 0 Å². The molecule has 1 heterocycles. The molecule has 1 aliphatic heterocycles. The average molecular weight is 427 g/mol. The standard InChI is InChI=1S/C24H30N2O5/c1-15(2)21(23(27)31-5)25-24(28)26-12-11-17-13-19(29-3)20(30-4)14-18(17)22(26)16-9-7-6-8-10-16/h6-10,13-15,21-22H,11-12H2,1-5H3,(H,25,28)/t21-,22-/m0/s1. The number of rotatable bonds is 6. The van der Waals surface area contributed by atoms with Gasteiger partial charge < -0.3 is 24.4 Å². The number of nitrogens with zero attached hydrogens (tertiary/aromatic N) is 1. The molecule has 0 spiro atoms. The van der Waals surface area contributed by atoms with Crippen LogP contribution in [0.2, 0.25) is 0 Å². The Hall–Kier alpha value is -3.22. The van der Waals surface area contributed by atoms with E-state index in [1.165, 1.54) is 7.11 Å². The van der Waals surface area contributed by atoms with E-state index >= 15 is 0 Å². The summed E-state index contributed by atoms with van der Waals surface area (Å²) in [5, 5.41) is 2.88. The van der Waals surface area contributed by atoms with Crippen molar-refractivity contribution in [2.45, 2.75) is 32.4 Å². The number of benzene rings is 2. The molecule has 2 atom stereocenters. The first-order chi connectivity index (χ1) is 14.9. The van der Waals surface area contributed by atoms with Crippen molar-refractivity contribution in [3.05, 3.63) is 59.2 Å². The molecule has 1 N–H and O–H groups in total. The Labute approximate surface area is 183 Å². The third-order valence-electron chi connectivity index (χ3n) is 5.65. The van der Waals surface area contributed by atoms with Gasteiger partial charge in [0, 0.05) is 6.54 Å². The van der Waals surface area contributed by atoms with Gasteiger partial charge in [-0.15, -0.1) is 0 Å². The lowest BCUT2D eigenvalue weighted by atomic mass is 9.88. The van der Waals surface area contributed by atoms with Crippen LogP contribution in [0, 0.1) is 5.92 Å². The van der Waals surface area contributed by atoms with Crippen LogP contribution in [0.25, 0.3) is 0 Å². The van der Waals surface area contributed by atoms with E-state index in [9.17, 15) is 9.59 Å². The van der Waals surface area contributed by atoms with E-state index in [1.807, 2.05) is 56.3 Å². The summed E-state index contributed by atoms with van der Waals surface area (Å²) in [5.41, 5.74) is 3.05. The maximum Gasteiger partial charge on any atom is 0.328 e. The fraction of sp³-hybridized carbons (Fsp3) is 0.417. The number of urea groups is 1. The van der Waals surface area contributed by atoms with Crippen molar-refractivity contribution >= 4 is 12.0 Å². The Morgan fingerprint density at radius 3 is 2.26 bits per heavy atom. The Morgan fingerprint density at radius 1 is 1.03 bits per heavy atom. The number of carbonyl (C=O) groups is 2. The lowest BCUT2D eigenvalue weighted by Crippen LogP contribution is -2.53. The van der Waals surface area contributed by atoms with Gasteiger partial charge in [-0.25, -0.2) is 9.59 Å². The summed E-state index contributed by atoms with van der Waals surface area (Å²) in [4.78, 5) is 27.3. The number of amides is 2. The highest BCUT2D eigenvalue weighted by Gasteiger charge is 2.35. The Morgan fingerprint density at radius 2 is 1.68 bits per heavy atom. The van der Waals surface area contributed by atoms with E-state index < -0.39 is 12.0 Å². The van der Waals surface area contributed by atoms with Crippen LogP contribution in [0.5, 0.6) is 11.5 Å². The number of esters is 1. The van der Waals surface area contributed by atoms with Gasteiger partial charge >= 0.3 is 12.0 Å². The second-order valence-corrected chi connectivity index (χ2v) is 7.86. The third kappa shape index (κ3) is 4.60. The van der Waals surface area contributed by atoms with E-state index in [-0.39, 0.29) is 18.0 Å². The minimum atomic E-state index is -0.722. The van der Waals surface area contributed by atoms with Gasteiger partial charge in [-0.2, -0.15) is 0 Å². The number of hydrogen-bond donors (Lipinski definition) is 1. The second-order valence-electron chi connectivity index (χ2n) is 7.86. The van der Waals surface area contributed by atoms with Gasteiger partial charge in [-0.1, -0.05) is 44.2 Å². The average Bonchev–Trinajstić information content (AvgIpc) is 2.80. The van der Waals surface area contributed by atoms with Gasteiger partial charge in [0.15, 0.2) is 11.5 Å². The van der Waals surface area contributed by atoms with Crippen LogP contribution >= 0.6 is 0 Å². The first kappa shape index (κ1) is 22.5. The van der Waals surface area contributed by atoms with Gasteiger partial charge in [-0.3, -0.25) is 0 Å². The fourth-order valence-electron chi connectivity index (χ4n) is 4.00. The van der Waals surface area contributed by atoms with E-state index in [4.69, 9.17) is 14.2 Å². The Bertz CT molecular complexity index is 929. The van der Waals surface area contributed by atoms with Crippen molar-refractivity contribution in [3.63, 3.8) is 0 Å². The lowest BCUT2D eigenvalue weighted by molar-refractivity contribution is -0.144. The number of carbonyl (C=O) groups excluding carboxylic acids is 2. The molecule has 0 saturated heterocycles. The molecule has 2 aromatic carbocycles. The van der Waals surface area contributed by atoms with Crippen LogP contribution in [0.1, 0.15) is 36.6 Å². The van der Waals surface area contributed by atoms with Gasteiger partial charge in [0.05, 0.1) is 27.4 Å². The van der Waals surface area contributed by atoms with E-state index in [2.05, 4.69) is 5.32 Å². The van der Waals surface area contributed by atoms with Crippen LogP contribution in [0.15, 0.2) is 42.5 Å². The monoisotopic (exact) mass is 426 g/mol. The molecule has 2 amide bonds. The zero-order valence-electron chi connectivity index (χ0n) is 18.7. The highest BCUT2D eigenvalue weighted by atomic mass is 16.5. The normalized spacial score (nSPS) is 16.3. The van der Waals surface area contributed by atoms with Crippen LogP contribution in [-0.2, 0) is 16.0 Å². The van der Waals surface area contributed by atoms with Crippen LogP contribution in [0.4, 0.5) is 4.79 Å². The van der Waals surface area contributed by atoms with Crippen molar-refractivity contribution in [2.75, 3.05) is 27.9 Å². The molecule has 166 valence electrons. The molecule has 31 heavy (non-hydrogen) atoms. The molecule has 3 rings (SSSR count). The smallest absolute Gasteiger partial charge is 0.328 e. The number of nitrogens with one attached hydrogen (secondary N) is 1. The lowest BCUT2D eigenvalue weighted by Gasteiger charge is -2.39. The molecule has 0 unspecified atom stereocenters. The van der Waals surface area contributed by atoms with Gasteiger partial charge in [0.1, 0.15) is 6.04 Å². The van der Waals surface area contributed by atoms with Gasteiger partial charge in [0.2, 0.25) is 0 Å². The van der Waals surface area contributed by atoms with E-state index in [0.29, 0.717) is 24.5 Å². The minimum Gasteiger partial charge on any atom is -0.493 e. The molecule has 2 aromatic rings. The summed E-state index contributed by atoms with van der Waals surface area (Å²) in [5.74, 6) is 0.715. The van der Waals surface area contributed by atoms with Gasteiger partial charge in [-0.05, 0) is 41.2 Å². The number of methoxy groups -OCH3 is 3. The molecule has 1 aliphatic rings. The summed E-state index contributed by atoms with van der Waals surface area (Å²) >= 11 is 0. The molecule has 0 aliphatic carbocycles. The molecule has 0 fully saturated rings. The molecular formula is C24H30N2O5. The molecular weight excluding hydrogens is 396 g/mol. The molecule has 0 radical (unpaired) electrons. The maximum atomic E-state index is 13.4. The summed E-state index contributed by atoms with van der Waals surface area (Å²) in [6.45, 7) is 4.25. The van der Waals surface area contributed by atoms with Crippen molar-refractivity contribution < 1.29 is 23.8 Å². The summed E-state index contributed by atoms with van der Waals surface area (Å²) in [7, 11) is 4.53. The first-order valence-corrected chi connectivity index (χ1v) is 10.4. The van der Waals surface area contributed by atoms with Crippen molar-refractivity contribution in [3.8, 4) is 11.5 Å². The first-order valence-electron chi connectivity index (χ1n) is 10.4. The van der Waals surface area contributed by atoms with Crippen LogP contribution in [0.3, 0.4) is 0 Å². The quantitative estimate of drug-likeness (QED) is 0.715. The summed E-state index contributed by atoms with van der Waals surface area (Å²) < 4.78 is 15.9. The van der Waals surface area contributed by atoms with E-state index in [1.54, 1.807) is 19.1 Å². The molecule has 7 heteroatoms. The SMILES string of the molecule is COC(=O)[C@@H](NC(=O)N1CCc2cc(OC)c(OC)cc2[C@@H]1c1ccccc1)C(C)C. The van der Waals surface area contributed by atoms with Crippen molar-refractivity contribution in [1.29, 1.82) is 0 Å². The zero-order valence-corrected chi connectivity index (χ0v) is 18.7. The van der Waals surface area contributed by atoms with Crippen molar-refractivity contribution in [2.24, 2.45) is 5.92 Å². The minimum absolute atomic E-state index is 0.104. The highest BCUT2D eigenvalue weighted by molar-refractivity contribution is 5.84. The maximum absolute atomic E-state index is 13.4. The topological polar surface area (TPSA) is 77.1 Å². The van der Waals surface area contributed by atoms with E-state index in [0.717, 1.165) is 16.7 Å². The molecule has 0 saturated carbocycles. The predicted molar refractivity (Wildman–Crippen MR) is 117 cm³/mol. The summed E-state index contributed by atoms with van der Waals surface area (Å²) in [6.07, 6.45) is 0.664. The largest absolute Gasteiger partial charge is 0.493 e. The third-order valence-corrected chi connectivity index (χ3v) is 5.65. The molecule has 7 nitrogen and oxygen atoms in total.